The van der Waals surface area contributed by atoms with Gasteiger partial charge in [-0.05, 0) is 18.9 Å². The minimum Gasteiger partial charge on any atom is -0.409 e. The number of nitrogens with zero attached hydrogens (tertiary/aromatic N) is 3. The number of carbonyl (C=O) groups excluding carboxylic acids is 1. The van der Waals surface area contributed by atoms with E-state index >= 15 is 0 Å². The van der Waals surface area contributed by atoms with E-state index in [0.29, 0.717) is 13.0 Å². The number of hydrogen-bond acceptors (Lipinski definition) is 5. The summed E-state index contributed by atoms with van der Waals surface area (Å²) in [4.78, 5) is 24.8. The Bertz CT molecular complexity index is 529. The Morgan fingerprint density at radius 2 is 2.32 bits per heavy atom. The number of amidine groups is 1. The van der Waals surface area contributed by atoms with Gasteiger partial charge in [0.15, 0.2) is 0 Å². The number of amides is 1. The molecule has 1 heterocycles. The first-order chi connectivity index (χ1) is 9.11. The highest BCUT2D eigenvalue weighted by Crippen LogP contribution is 2.27. The number of oxime groups is 1. The van der Waals surface area contributed by atoms with E-state index in [4.69, 9.17) is 10.9 Å². The summed E-state index contributed by atoms with van der Waals surface area (Å²) in [5.74, 6) is -0.183. The molecule has 2 rings (SSSR count). The molecule has 8 heteroatoms. The van der Waals surface area contributed by atoms with Gasteiger partial charge in [-0.2, -0.15) is 5.10 Å². The van der Waals surface area contributed by atoms with E-state index in [1.165, 1.54) is 12.1 Å². The molecule has 1 amide bonds. The second kappa shape index (κ2) is 5.51. The number of carbonyl (C=O) groups is 1. The Balaban J connectivity index is 2.08. The zero-order chi connectivity index (χ0) is 13.8. The van der Waals surface area contributed by atoms with Crippen LogP contribution in [0.25, 0.3) is 0 Å². The number of H-pyrrole nitrogens is 1. The smallest absolute Gasteiger partial charge is 0.274 e. The van der Waals surface area contributed by atoms with Crippen molar-refractivity contribution >= 4 is 11.7 Å². The predicted molar refractivity (Wildman–Crippen MR) is 66.9 cm³/mol. The molecule has 0 unspecified atom stereocenters. The van der Waals surface area contributed by atoms with Gasteiger partial charge in [-0.15, -0.1) is 0 Å². The van der Waals surface area contributed by atoms with Gasteiger partial charge in [-0.25, -0.2) is 5.10 Å². The predicted octanol–water partition coefficient (Wildman–Crippen LogP) is -0.489. The molecule has 19 heavy (non-hydrogen) atoms. The Morgan fingerprint density at radius 3 is 2.84 bits per heavy atom. The van der Waals surface area contributed by atoms with Crippen molar-refractivity contribution in [3.05, 3.63) is 28.2 Å². The van der Waals surface area contributed by atoms with Crippen LogP contribution in [0.4, 0.5) is 0 Å². The highest BCUT2D eigenvalue weighted by Gasteiger charge is 2.33. The van der Waals surface area contributed by atoms with Gasteiger partial charge in [0, 0.05) is 25.1 Å². The monoisotopic (exact) mass is 265 g/mol. The van der Waals surface area contributed by atoms with Crippen LogP contribution in [0.3, 0.4) is 0 Å². The van der Waals surface area contributed by atoms with Gasteiger partial charge in [-0.1, -0.05) is 5.16 Å². The van der Waals surface area contributed by atoms with Crippen molar-refractivity contribution in [1.29, 1.82) is 0 Å². The van der Waals surface area contributed by atoms with Gasteiger partial charge >= 0.3 is 0 Å². The second-order valence-corrected chi connectivity index (χ2v) is 4.38. The maximum Gasteiger partial charge on any atom is 0.274 e. The van der Waals surface area contributed by atoms with Crippen LogP contribution < -0.4 is 11.3 Å². The average molecular weight is 265 g/mol. The van der Waals surface area contributed by atoms with Crippen LogP contribution >= 0.6 is 0 Å². The van der Waals surface area contributed by atoms with Crippen LogP contribution in [0.1, 0.15) is 29.8 Å². The minimum atomic E-state index is -0.355. The van der Waals surface area contributed by atoms with Crippen LogP contribution in [0, 0.1) is 0 Å². The molecule has 102 valence electrons. The van der Waals surface area contributed by atoms with Crippen molar-refractivity contribution in [3.63, 3.8) is 0 Å². The van der Waals surface area contributed by atoms with Gasteiger partial charge in [0.2, 0.25) is 0 Å². The number of aromatic nitrogens is 2. The van der Waals surface area contributed by atoms with Crippen LogP contribution in [-0.4, -0.2) is 44.6 Å². The summed E-state index contributed by atoms with van der Waals surface area (Å²) < 4.78 is 0. The molecule has 0 spiro atoms. The molecule has 0 atom stereocenters. The van der Waals surface area contributed by atoms with Crippen molar-refractivity contribution < 1.29 is 10.0 Å². The molecular weight excluding hydrogens is 250 g/mol. The zero-order valence-corrected chi connectivity index (χ0v) is 10.2. The van der Waals surface area contributed by atoms with Crippen molar-refractivity contribution in [3.8, 4) is 0 Å². The maximum atomic E-state index is 12.2. The average Bonchev–Trinajstić information content (AvgIpc) is 3.24. The first-order valence-corrected chi connectivity index (χ1v) is 5.95. The van der Waals surface area contributed by atoms with E-state index < -0.39 is 0 Å². The second-order valence-electron chi connectivity index (χ2n) is 4.38. The summed E-state index contributed by atoms with van der Waals surface area (Å²) in [6.07, 6.45) is 2.17. The lowest BCUT2D eigenvalue weighted by atomic mass is 10.3. The molecule has 0 saturated heterocycles. The third-order valence-electron chi connectivity index (χ3n) is 2.88. The summed E-state index contributed by atoms with van der Waals surface area (Å²) in [6, 6.07) is 2.82. The third kappa shape index (κ3) is 3.30. The Hall–Kier alpha value is -2.38. The molecule has 0 bridgehead atoms. The van der Waals surface area contributed by atoms with E-state index in [9.17, 15) is 9.59 Å². The topological polar surface area (TPSA) is 125 Å². The molecule has 1 aliphatic carbocycles. The van der Waals surface area contributed by atoms with Gasteiger partial charge in [-0.3, -0.25) is 9.59 Å². The van der Waals surface area contributed by atoms with Crippen molar-refractivity contribution in [2.45, 2.75) is 25.3 Å². The quantitative estimate of drug-likeness (QED) is 0.287. The summed E-state index contributed by atoms with van der Waals surface area (Å²) >= 11 is 0. The fourth-order valence-electron chi connectivity index (χ4n) is 1.73. The van der Waals surface area contributed by atoms with Crippen LogP contribution in [0.2, 0.25) is 0 Å². The van der Waals surface area contributed by atoms with Gasteiger partial charge in [0.1, 0.15) is 11.5 Å². The SMILES string of the molecule is N/C(CCN(C(=O)c1ccc(=O)[nH]n1)C1CC1)=N/O. The Labute approximate surface area is 108 Å². The standard InChI is InChI=1S/C11H15N5O3/c12-9(15-19)5-6-16(7-1-2-7)11(18)8-3-4-10(17)14-13-8/h3-4,7,19H,1-2,5-6H2,(H2,12,15)(H,14,17). The van der Waals surface area contributed by atoms with Crippen LogP contribution in [0.15, 0.2) is 22.1 Å². The summed E-state index contributed by atoms with van der Waals surface area (Å²) in [5.41, 5.74) is 5.23. The molecule has 1 aromatic heterocycles. The molecule has 0 radical (unpaired) electrons. The highest BCUT2D eigenvalue weighted by molar-refractivity contribution is 5.93. The number of aromatic amines is 1. The van der Waals surface area contributed by atoms with Gasteiger partial charge in [0.25, 0.3) is 11.5 Å². The summed E-state index contributed by atoms with van der Waals surface area (Å²) in [6.45, 7) is 0.361. The molecule has 1 aromatic rings. The lowest BCUT2D eigenvalue weighted by molar-refractivity contribution is 0.0740. The fraction of sp³-hybridized carbons (Fsp3) is 0.455. The molecule has 4 N–H and O–H groups in total. The van der Waals surface area contributed by atoms with Crippen molar-refractivity contribution in [2.24, 2.45) is 10.9 Å². The zero-order valence-electron chi connectivity index (χ0n) is 10.2. The van der Waals surface area contributed by atoms with E-state index in [-0.39, 0.29) is 29.0 Å². The number of hydrogen-bond donors (Lipinski definition) is 3. The first kappa shape index (κ1) is 13.1. The Morgan fingerprint density at radius 1 is 1.58 bits per heavy atom. The van der Waals surface area contributed by atoms with Gasteiger partial charge in [0.05, 0.1) is 0 Å². The molecule has 1 aliphatic rings. The summed E-state index contributed by atoms with van der Waals surface area (Å²) in [7, 11) is 0. The minimum absolute atomic E-state index is 0.0767. The van der Waals surface area contributed by atoms with Crippen LogP contribution in [0.5, 0.6) is 0 Å². The largest absolute Gasteiger partial charge is 0.409 e. The number of nitrogens with two attached hydrogens (primary N) is 1. The molecule has 0 aromatic carbocycles. The third-order valence-corrected chi connectivity index (χ3v) is 2.88. The summed E-state index contributed by atoms with van der Waals surface area (Å²) in [5, 5.41) is 17.3. The number of nitrogens with one attached hydrogen (secondary N) is 1. The van der Waals surface area contributed by atoms with E-state index in [2.05, 4.69) is 15.4 Å². The highest BCUT2D eigenvalue weighted by atomic mass is 16.4. The lowest BCUT2D eigenvalue weighted by Crippen LogP contribution is -2.36. The number of rotatable bonds is 5. The molecule has 1 saturated carbocycles. The Kier molecular flexibility index (Phi) is 3.79. The first-order valence-electron chi connectivity index (χ1n) is 5.95. The van der Waals surface area contributed by atoms with Crippen molar-refractivity contribution in [1.82, 2.24) is 15.1 Å². The lowest BCUT2D eigenvalue weighted by Gasteiger charge is -2.21. The van der Waals surface area contributed by atoms with Crippen molar-refractivity contribution in [2.75, 3.05) is 6.54 Å². The fourth-order valence-corrected chi connectivity index (χ4v) is 1.73. The molecule has 8 nitrogen and oxygen atoms in total. The molecular formula is C11H15N5O3. The van der Waals surface area contributed by atoms with E-state index in [1.54, 1.807) is 4.90 Å². The molecule has 0 aliphatic heterocycles. The van der Waals surface area contributed by atoms with Gasteiger partial charge < -0.3 is 15.8 Å². The van der Waals surface area contributed by atoms with E-state index in [0.717, 1.165) is 12.8 Å². The normalized spacial score (nSPS) is 15.3. The maximum absolute atomic E-state index is 12.2. The van der Waals surface area contributed by atoms with E-state index in [1.807, 2.05) is 0 Å². The molecule has 1 fully saturated rings. The van der Waals surface area contributed by atoms with Crippen LogP contribution in [-0.2, 0) is 0 Å².